The molecule has 0 bridgehead atoms. The number of hydrogen-bond donors (Lipinski definition) is 0. The van der Waals surface area contributed by atoms with Crippen molar-refractivity contribution in [2.45, 2.75) is 393 Å². The van der Waals surface area contributed by atoms with Crippen molar-refractivity contribution in [3.8, 4) is 0 Å². The zero-order valence-electron chi connectivity index (χ0n) is 51.6. The summed E-state index contributed by atoms with van der Waals surface area (Å²) < 4.78 is 16.9. The largest absolute Gasteiger partial charge is 0.462 e. The van der Waals surface area contributed by atoms with Crippen LogP contribution in [0.15, 0.2) is 24.3 Å². The first-order chi connectivity index (χ1) is 37.5. The molecule has 0 saturated heterocycles. The van der Waals surface area contributed by atoms with E-state index in [9.17, 15) is 14.4 Å². The van der Waals surface area contributed by atoms with Gasteiger partial charge in [-0.2, -0.15) is 0 Å². The van der Waals surface area contributed by atoms with Gasteiger partial charge in [-0.15, -0.1) is 0 Å². The smallest absolute Gasteiger partial charge is 0.306 e. The van der Waals surface area contributed by atoms with Gasteiger partial charge < -0.3 is 14.2 Å². The van der Waals surface area contributed by atoms with Crippen molar-refractivity contribution in [1.82, 2.24) is 0 Å². The summed E-state index contributed by atoms with van der Waals surface area (Å²) >= 11 is 0. The van der Waals surface area contributed by atoms with Crippen molar-refractivity contribution in [2.24, 2.45) is 0 Å². The van der Waals surface area contributed by atoms with Crippen LogP contribution < -0.4 is 0 Å². The number of carbonyl (C=O) groups excluding carboxylic acids is 3. The lowest BCUT2D eigenvalue weighted by Crippen LogP contribution is -2.30. The molecule has 6 nitrogen and oxygen atoms in total. The van der Waals surface area contributed by atoms with Crippen molar-refractivity contribution in [2.75, 3.05) is 13.2 Å². The molecule has 448 valence electrons. The molecule has 0 aromatic heterocycles. The molecule has 6 heteroatoms. The first kappa shape index (κ1) is 73.9. The van der Waals surface area contributed by atoms with E-state index in [4.69, 9.17) is 14.2 Å². The number of rotatable bonds is 64. The summed E-state index contributed by atoms with van der Waals surface area (Å²) in [6, 6.07) is 0. The molecule has 1 unspecified atom stereocenters. The zero-order valence-corrected chi connectivity index (χ0v) is 51.6. The molecule has 0 heterocycles. The van der Waals surface area contributed by atoms with Crippen LogP contribution in [0.25, 0.3) is 0 Å². The SMILES string of the molecule is CCC/C=C\C/C=C\CCCCCCCC(=O)OCC(COC(=O)CCCCCCCCCCCCCCCCCCCCCCCCCCCCCCCC)OC(=O)CCCCCCCCCCCCCCCCC. The fourth-order valence-electron chi connectivity index (χ4n) is 10.5. The standard InChI is InChI=1S/C70H132O6/c1-4-7-10-13-16-19-22-25-27-28-29-30-31-32-33-34-35-36-37-38-39-40-41-43-45-48-51-54-57-60-63-69(72)75-66-67(65-74-68(71)62-59-56-53-50-47-44-24-21-18-15-12-9-6-3)76-70(73)64-61-58-55-52-49-46-42-26-23-20-17-14-11-8-5-2/h12,15,21,24,67H,4-11,13-14,16-20,22-23,25-66H2,1-3H3/b15-12-,24-21-. The molecular formula is C70H132O6. The quantitative estimate of drug-likeness (QED) is 0.0261. The Morgan fingerprint density at radius 2 is 0.500 bits per heavy atom. The van der Waals surface area contributed by atoms with Gasteiger partial charge in [0.25, 0.3) is 0 Å². The van der Waals surface area contributed by atoms with E-state index in [0.29, 0.717) is 19.3 Å². The minimum Gasteiger partial charge on any atom is -0.462 e. The van der Waals surface area contributed by atoms with Crippen molar-refractivity contribution >= 4 is 17.9 Å². The van der Waals surface area contributed by atoms with Gasteiger partial charge in [0.05, 0.1) is 0 Å². The van der Waals surface area contributed by atoms with Gasteiger partial charge in [0.1, 0.15) is 13.2 Å². The molecular weight excluding hydrogens is 937 g/mol. The normalized spacial score (nSPS) is 12.1. The molecule has 0 N–H and O–H groups in total. The van der Waals surface area contributed by atoms with Gasteiger partial charge in [0.2, 0.25) is 0 Å². The zero-order chi connectivity index (χ0) is 55.0. The predicted octanol–water partition coefficient (Wildman–Crippen LogP) is 23.4. The van der Waals surface area contributed by atoms with Crippen LogP contribution >= 0.6 is 0 Å². The van der Waals surface area contributed by atoms with Crippen LogP contribution in [0, 0.1) is 0 Å². The molecule has 0 aromatic carbocycles. The van der Waals surface area contributed by atoms with Gasteiger partial charge in [-0.1, -0.05) is 347 Å². The van der Waals surface area contributed by atoms with Gasteiger partial charge in [0.15, 0.2) is 6.10 Å². The molecule has 0 spiro atoms. The summed E-state index contributed by atoms with van der Waals surface area (Å²) in [5.41, 5.74) is 0. The minimum atomic E-state index is -0.773. The topological polar surface area (TPSA) is 78.9 Å². The van der Waals surface area contributed by atoms with Gasteiger partial charge >= 0.3 is 17.9 Å². The predicted molar refractivity (Wildman–Crippen MR) is 330 cm³/mol. The molecule has 76 heavy (non-hydrogen) atoms. The molecule has 0 saturated carbocycles. The van der Waals surface area contributed by atoms with E-state index < -0.39 is 6.10 Å². The molecule has 0 rings (SSSR count). The van der Waals surface area contributed by atoms with Crippen LogP contribution in [0.4, 0.5) is 0 Å². The van der Waals surface area contributed by atoms with Gasteiger partial charge in [0, 0.05) is 19.3 Å². The number of esters is 3. The first-order valence-electron chi connectivity index (χ1n) is 34.3. The van der Waals surface area contributed by atoms with Crippen LogP contribution in [0.3, 0.4) is 0 Å². The van der Waals surface area contributed by atoms with Crippen LogP contribution in [0.2, 0.25) is 0 Å². The first-order valence-corrected chi connectivity index (χ1v) is 34.3. The number of allylic oxidation sites excluding steroid dienone is 4. The summed E-state index contributed by atoms with van der Waals surface area (Å²) in [4.78, 5) is 38.3. The van der Waals surface area contributed by atoms with Crippen molar-refractivity contribution in [1.29, 1.82) is 0 Å². The highest BCUT2D eigenvalue weighted by Gasteiger charge is 2.19. The molecule has 0 aliphatic rings. The van der Waals surface area contributed by atoms with Gasteiger partial charge in [-0.25, -0.2) is 0 Å². The highest BCUT2D eigenvalue weighted by molar-refractivity contribution is 5.71. The molecule has 0 aliphatic heterocycles. The Morgan fingerprint density at radius 1 is 0.263 bits per heavy atom. The third-order valence-electron chi connectivity index (χ3n) is 15.7. The second-order valence-electron chi connectivity index (χ2n) is 23.5. The summed E-state index contributed by atoms with van der Waals surface area (Å²) in [7, 11) is 0. The van der Waals surface area contributed by atoms with Crippen molar-refractivity contribution in [3.63, 3.8) is 0 Å². The van der Waals surface area contributed by atoms with Gasteiger partial charge in [-0.3, -0.25) is 14.4 Å². The Hall–Kier alpha value is -2.11. The fraction of sp³-hybridized carbons (Fsp3) is 0.900. The summed E-state index contributed by atoms with van der Waals surface area (Å²) in [5.74, 6) is -0.857. The van der Waals surface area contributed by atoms with Crippen molar-refractivity contribution in [3.05, 3.63) is 24.3 Å². The van der Waals surface area contributed by atoms with E-state index in [1.807, 2.05) is 0 Å². The molecule has 0 fully saturated rings. The maximum Gasteiger partial charge on any atom is 0.306 e. The number of carbonyl (C=O) groups is 3. The van der Waals surface area contributed by atoms with E-state index in [2.05, 4.69) is 45.1 Å². The maximum absolute atomic E-state index is 12.9. The molecule has 0 aromatic rings. The second-order valence-corrected chi connectivity index (χ2v) is 23.5. The van der Waals surface area contributed by atoms with E-state index in [1.165, 1.54) is 263 Å². The Labute approximate surface area is 474 Å². The van der Waals surface area contributed by atoms with E-state index in [0.717, 1.165) is 83.5 Å². The average molecular weight is 1070 g/mol. The van der Waals surface area contributed by atoms with Crippen molar-refractivity contribution < 1.29 is 28.6 Å². The van der Waals surface area contributed by atoms with E-state index >= 15 is 0 Å². The summed E-state index contributed by atoms with van der Waals surface area (Å²) in [5, 5.41) is 0. The van der Waals surface area contributed by atoms with Crippen LogP contribution in [-0.2, 0) is 28.6 Å². The highest BCUT2D eigenvalue weighted by Crippen LogP contribution is 2.19. The third kappa shape index (κ3) is 62.7. The highest BCUT2D eigenvalue weighted by atomic mass is 16.6. The number of ether oxygens (including phenoxy) is 3. The average Bonchev–Trinajstić information content (AvgIpc) is 3.42. The lowest BCUT2D eigenvalue weighted by atomic mass is 10.0. The Kier molecular flexibility index (Phi) is 63.6. The van der Waals surface area contributed by atoms with E-state index in [-0.39, 0.29) is 31.1 Å². The van der Waals surface area contributed by atoms with Crippen LogP contribution in [0.1, 0.15) is 387 Å². The van der Waals surface area contributed by atoms with Crippen LogP contribution in [0.5, 0.6) is 0 Å². The number of unbranched alkanes of at least 4 members (excludes halogenated alkanes) is 49. The molecule has 1 atom stereocenters. The molecule has 0 aliphatic carbocycles. The summed E-state index contributed by atoms with van der Waals surface area (Å²) in [6.07, 6.45) is 79.3. The molecule has 0 amide bonds. The monoisotopic (exact) mass is 1070 g/mol. The van der Waals surface area contributed by atoms with Crippen LogP contribution in [-0.4, -0.2) is 37.2 Å². The third-order valence-corrected chi connectivity index (χ3v) is 15.7. The lowest BCUT2D eigenvalue weighted by molar-refractivity contribution is -0.167. The molecule has 0 radical (unpaired) electrons. The maximum atomic E-state index is 12.9. The second kappa shape index (κ2) is 65.4. The fourth-order valence-corrected chi connectivity index (χ4v) is 10.5. The Morgan fingerprint density at radius 3 is 0.776 bits per heavy atom. The Balaban J connectivity index is 4.11. The summed E-state index contributed by atoms with van der Waals surface area (Å²) in [6.45, 7) is 6.64. The Bertz CT molecular complexity index is 1230. The van der Waals surface area contributed by atoms with E-state index in [1.54, 1.807) is 0 Å². The minimum absolute atomic E-state index is 0.0697. The van der Waals surface area contributed by atoms with Gasteiger partial charge in [-0.05, 0) is 44.9 Å². The number of hydrogen-bond acceptors (Lipinski definition) is 6. The lowest BCUT2D eigenvalue weighted by Gasteiger charge is -2.18.